The van der Waals surface area contributed by atoms with Crippen LogP contribution in [0, 0.1) is 0 Å². The lowest BCUT2D eigenvalue weighted by Gasteiger charge is -2.13. The summed E-state index contributed by atoms with van der Waals surface area (Å²) < 4.78 is -2.88. The van der Waals surface area contributed by atoms with Crippen molar-refractivity contribution in [2.24, 2.45) is 0 Å². The summed E-state index contributed by atoms with van der Waals surface area (Å²) in [6.07, 6.45) is 0. The van der Waals surface area contributed by atoms with Gasteiger partial charge in [0.2, 0.25) is 7.59 Å². The standard InChI is InChI=1S/2C3H3Cl5/c2*4-1-2(5)3(6,7)8/h2*2H,1H2. The fourth-order valence-corrected chi connectivity index (χ4v) is 1.57. The number of hydrogen-bond acceptors (Lipinski definition) is 0. The van der Waals surface area contributed by atoms with Crippen LogP contribution in [0.3, 0.4) is 0 Å². The van der Waals surface area contributed by atoms with Crippen molar-refractivity contribution in [2.45, 2.75) is 18.3 Å². The number of halogens is 10. The number of alkyl halides is 10. The molecule has 0 aliphatic rings. The Bertz CT molecular complexity index is 149. The van der Waals surface area contributed by atoms with E-state index in [9.17, 15) is 0 Å². The Morgan fingerprint density at radius 1 is 0.625 bits per heavy atom. The summed E-state index contributed by atoms with van der Waals surface area (Å²) in [6, 6.07) is 0. The molecular formula is C6H6Cl10. The highest BCUT2D eigenvalue weighted by atomic mass is 35.6. The predicted octanol–water partition coefficient (Wildman–Crippen LogP) is 6.41. The Balaban J connectivity index is 0. The lowest BCUT2D eigenvalue weighted by molar-refractivity contribution is 0.992. The molecule has 0 saturated heterocycles. The van der Waals surface area contributed by atoms with Crippen LogP contribution in [0.2, 0.25) is 0 Å². The fraction of sp³-hybridized carbons (Fsp3) is 1.00. The van der Waals surface area contributed by atoms with E-state index >= 15 is 0 Å². The molecule has 0 aliphatic carbocycles. The van der Waals surface area contributed by atoms with Crippen LogP contribution in [0.15, 0.2) is 0 Å². The Labute approximate surface area is 145 Å². The zero-order chi connectivity index (χ0) is 13.6. The highest BCUT2D eigenvalue weighted by Gasteiger charge is 2.30. The molecular weight excluding hydrogens is 427 g/mol. The zero-order valence-electron chi connectivity index (χ0n) is 7.35. The molecule has 0 rings (SSSR count). The van der Waals surface area contributed by atoms with Gasteiger partial charge < -0.3 is 0 Å². The molecule has 0 spiro atoms. The van der Waals surface area contributed by atoms with Crippen LogP contribution in [0.1, 0.15) is 0 Å². The summed E-state index contributed by atoms with van der Waals surface area (Å²) >= 11 is 53.1. The van der Waals surface area contributed by atoms with Crippen LogP contribution in [0.25, 0.3) is 0 Å². The van der Waals surface area contributed by atoms with Gasteiger partial charge in [0.15, 0.2) is 0 Å². The lowest BCUT2D eigenvalue weighted by Crippen LogP contribution is -2.20. The Morgan fingerprint density at radius 3 is 0.812 bits per heavy atom. The first-order valence-electron chi connectivity index (χ1n) is 3.50. The molecule has 2 unspecified atom stereocenters. The monoisotopic (exact) mass is 428 g/mol. The number of rotatable bonds is 2. The van der Waals surface area contributed by atoms with Crippen molar-refractivity contribution in [1.82, 2.24) is 0 Å². The molecule has 0 radical (unpaired) electrons. The van der Waals surface area contributed by atoms with E-state index in [-0.39, 0.29) is 11.8 Å². The largest absolute Gasteiger partial charge is 0.207 e. The van der Waals surface area contributed by atoms with Crippen molar-refractivity contribution < 1.29 is 0 Å². The highest BCUT2D eigenvalue weighted by Crippen LogP contribution is 2.34. The minimum Gasteiger partial charge on any atom is -0.125 e. The van der Waals surface area contributed by atoms with E-state index in [1.165, 1.54) is 0 Å². The first kappa shape index (κ1) is 21.2. The van der Waals surface area contributed by atoms with Crippen molar-refractivity contribution in [3.05, 3.63) is 0 Å². The molecule has 0 aliphatic heterocycles. The predicted molar refractivity (Wildman–Crippen MR) is 81.3 cm³/mol. The molecule has 0 aromatic heterocycles. The molecule has 0 nitrogen and oxygen atoms in total. The van der Waals surface area contributed by atoms with Gasteiger partial charge in [-0.15, -0.1) is 46.4 Å². The SMILES string of the molecule is ClCC(Cl)C(Cl)(Cl)Cl.ClCC(Cl)C(Cl)(Cl)Cl. The van der Waals surface area contributed by atoms with Gasteiger partial charge in [0.1, 0.15) is 0 Å². The van der Waals surface area contributed by atoms with Crippen molar-refractivity contribution in [1.29, 1.82) is 0 Å². The average Bonchev–Trinajstić information content (AvgIpc) is 2.13. The lowest BCUT2D eigenvalue weighted by atomic mass is 10.5. The van der Waals surface area contributed by atoms with E-state index in [0.717, 1.165) is 0 Å². The topological polar surface area (TPSA) is 0 Å². The highest BCUT2D eigenvalue weighted by molar-refractivity contribution is 6.71. The van der Waals surface area contributed by atoms with Crippen LogP contribution in [-0.2, 0) is 0 Å². The Morgan fingerprint density at radius 2 is 0.812 bits per heavy atom. The summed E-state index contributed by atoms with van der Waals surface area (Å²) in [5.74, 6) is 0.274. The van der Waals surface area contributed by atoms with Gasteiger partial charge in [-0.3, -0.25) is 0 Å². The average molecular weight is 433 g/mol. The third kappa shape index (κ3) is 12.0. The maximum Gasteiger partial charge on any atom is 0.207 e. The van der Waals surface area contributed by atoms with Crippen molar-refractivity contribution in [2.75, 3.05) is 11.8 Å². The molecule has 0 aromatic rings. The summed E-state index contributed by atoms with van der Waals surface area (Å²) in [5.41, 5.74) is 0. The van der Waals surface area contributed by atoms with Crippen molar-refractivity contribution in [3.63, 3.8) is 0 Å². The third-order valence-corrected chi connectivity index (χ3v) is 5.13. The first-order chi connectivity index (χ1) is 6.96. The molecule has 0 bridgehead atoms. The van der Waals surface area contributed by atoms with Crippen LogP contribution < -0.4 is 0 Å². The third-order valence-electron chi connectivity index (χ3n) is 0.981. The smallest absolute Gasteiger partial charge is 0.125 e. The van der Waals surface area contributed by atoms with Crippen molar-refractivity contribution in [3.8, 4) is 0 Å². The van der Waals surface area contributed by atoms with Gasteiger partial charge in [-0.05, 0) is 0 Å². The molecule has 10 heteroatoms. The van der Waals surface area contributed by atoms with Crippen LogP contribution >= 0.6 is 116 Å². The van der Waals surface area contributed by atoms with Crippen LogP contribution in [0.5, 0.6) is 0 Å². The minimum atomic E-state index is -1.44. The summed E-state index contributed by atoms with van der Waals surface area (Å²) in [7, 11) is 0. The molecule has 2 atom stereocenters. The van der Waals surface area contributed by atoms with Crippen LogP contribution in [-0.4, -0.2) is 30.1 Å². The molecule has 0 heterocycles. The maximum atomic E-state index is 5.41. The Kier molecular flexibility index (Phi) is 12.9. The molecule has 0 N–H and O–H groups in total. The minimum absolute atomic E-state index is 0.137. The quantitative estimate of drug-likeness (QED) is 0.443. The second-order valence-electron chi connectivity index (χ2n) is 2.33. The second-order valence-corrected chi connectivity index (χ2v) is 8.74. The van der Waals surface area contributed by atoms with Gasteiger partial charge in [-0.1, -0.05) is 69.6 Å². The van der Waals surface area contributed by atoms with Gasteiger partial charge in [0.25, 0.3) is 0 Å². The molecule has 0 amide bonds. The molecule has 100 valence electrons. The summed E-state index contributed by atoms with van der Waals surface area (Å²) in [6.45, 7) is 0. The van der Waals surface area contributed by atoms with Gasteiger partial charge in [0, 0.05) is 11.8 Å². The molecule has 0 fully saturated rings. The normalized spacial score (nSPS) is 16.1. The van der Waals surface area contributed by atoms with Gasteiger partial charge in [-0.2, -0.15) is 0 Å². The number of hydrogen-bond donors (Lipinski definition) is 0. The second kappa shape index (κ2) is 9.75. The van der Waals surface area contributed by atoms with E-state index in [1.807, 2.05) is 0 Å². The van der Waals surface area contributed by atoms with Gasteiger partial charge in [0.05, 0.1) is 10.8 Å². The maximum absolute atomic E-state index is 5.41. The molecule has 16 heavy (non-hydrogen) atoms. The summed E-state index contributed by atoms with van der Waals surface area (Å²) in [4.78, 5) is 0. The molecule has 0 aromatic carbocycles. The molecule has 0 saturated carbocycles. The van der Waals surface area contributed by atoms with E-state index in [4.69, 9.17) is 116 Å². The van der Waals surface area contributed by atoms with Crippen LogP contribution in [0.4, 0.5) is 0 Å². The van der Waals surface area contributed by atoms with Gasteiger partial charge >= 0.3 is 0 Å². The van der Waals surface area contributed by atoms with E-state index in [1.54, 1.807) is 0 Å². The van der Waals surface area contributed by atoms with Crippen molar-refractivity contribution >= 4 is 116 Å². The van der Waals surface area contributed by atoms with E-state index in [0.29, 0.717) is 0 Å². The van der Waals surface area contributed by atoms with E-state index < -0.39 is 18.3 Å². The summed E-state index contributed by atoms with van der Waals surface area (Å²) in [5, 5.41) is -1.23. The first-order valence-corrected chi connectivity index (χ1v) is 7.71. The fourth-order valence-electron chi connectivity index (χ4n) is 0.175. The van der Waals surface area contributed by atoms with Gasteiger partial charge in [-0.25, -0.2) is 0 Å². The Hall–Kier alpha value is 2.90. The van der Waals surface area contributed by atoms with E-state index in [2.05, 4.69) is 0 Å². The zero-order valence-corrected chi connectivity index (χ0v) is 14.9.